The Labute approximate surface area is 496 Å². The summed E-state index contributed by atoms with van der Waals surface area (Å²) in [6, 6.07) is 103. The van der Waals surface area contributed by atoms with Gasteiger partial charge in [-0.2, -0.15) is 0 Å². The average Bonchev–Trinajstić information content (AvgIpc) is 3.56. The van der Waals surface area contributed by atoms with Gasteiger partial charge in [0.05, 0.1) is 33.4 Å². The smallest absolute Gasteiger partial charge is 0.260 e. The van der Waals surface area contributed by atoms with Gasteiger partial charge < -0.3 is 28.2 Å². The first kappa shape index (κ1) is 47.3. The van der Waals surface area contributed by atoms with Crippen LogP contribution in [0.25, 0.3) is 88.4 Å². The quantitative estimate of drug-likeness (QED) is 0.156. The zero-order chi connectivity index (χ0) is 56.1. The van der Waals surface area contributed by atoms with Crippen LogP contribution in [0, 0.1) is 0 Å². The van der Waals surface area contributed by atoms with Crippen LogP contribution in [0.2, 0.25) is 0 Å². The summed E-state index contributed by atoms with van der Waals surface area (Å²) in [6.45, 7) is -0.367. The Morgan fingerprint density at radius 1 is 0.244 bits per heavy atom. The van der Waals surface area contributed by atoms with Crippen LogP contribution in [-0.4, -0.2) is 22.6 Å². The second-order valence-corrected chi connectivity index (χ2v) is 23.0. The van der Waals surface area contributed by atoms with Gasteiger partial charge in [-0.1, -0.05) is 194 Å². The summed E-state index contributed by atoms with van der Waals surface area (Å²) in [7, 11) is 0. The molecule has 6 nitrogen and oxygen atoms in total. The lowest BCUT2D eigenvalue weighted by Crippen LogP contribution is -2.62. The predicted molar refractivity (Wildman–Crippen MR) is 355 cm³/mol. The fourth-order valence-electron chi connectivity index (χ4n) is 14.8. The summed E-state index contributed by atoms with van der Waals surface area (Å²) < 4.78 is 26.5. The van der Waals surface area contributed by atoms with E-state index < -0.39 is 0 Å². The maximum Gasteiger partial charge on any atom is 0.260 e. The molecule has 86 heavy (non-hydrogen) atoms. The van der Waals surface area contributed by atoms with Crippen LogP contribution in [0.1, 0.15) is 0 Å². The van der Waals surface area contributed by atoms with Crippen molar-refractivity contribution in [3.63, 3.8) is 0 Å². The monoisotopic (exact) mass is 1100 g/mol. The normalized spacial score (nSPS) is 13.1. The van der Waals surface area contributed by atoms with Gasteiger partial charge in [-0.3, -0.25) is 0 Å². The molecule has 13 aromatic carbocycles. The summed E-state index contributed by atoms with van der Waals surface area (Å²) in [4.78, 5) is 2.51. The standard InChI is InChI=1S/C78H47B2N3O3/c1-4-20-48(21-5-1)51-36-38-67(58(40-51)50-24-8-3-9-25-50)83-69-47-73-63(80-61-30-14-19-35-72(61)84-74-41-52(42-75(86-73)78(74)80)49-22-6-2-7-23-49)46-62(69)79-60-29-13-18-34-71(60)85-76-45-54(44-70(83)77(76)79)82-66-33-17-12-28-57(66)59-43-53(37-39-68(59)82)81-64-31-15-10-26-55(64)56-27-11-16-32-65(56)81/h1-47H. The van der Waals surface area contributed by atoms with Crippen molar-refractivity contribution >= 4 is 107 Å². The summed E-state index contributed by atoms with van der Waals surface area (Å²) in [5.74, 6) is 4.92. The Morgan fingerprint density at radius 2 is 0.744 bits per heavy atom. The number of rotatable bonds is 6. The van der Waals surface area contributed by atoms with Crippen LogP contribution >= 0.6 is 0 Å². The number of ether oxygens (including phenoxy) is 3. The van der Waals surface area contributed by atoms with Crippen molar-refractivity contribution < 1.29 is 14.2 Å². The molecule has 19 rings (SSSR count). The Balaban J connectivity index is 0.888. The molecule has 15 aromatic rings. The van der Waals surface area contributed by atoms with Crippen molar-refractivity contribution in [2.45, 2.75) is 0 Å². The van der Waals surface area contributed by atoms with E-state index in [0.717, 1.165) is 140 Å². The third kappa shape index (κ3) is 6.86. The molecule has 0 saturated carbocycles. The van der Waals surface area contributed by atoms with Gasteiger partial charge in [-0.05, 0) is 134 Å². The average molecular weight is 1100 g/mol. The van der Waals surface area contributed by atoms with Gasteiger partial charge in [0.1, 0.15) is 34.5 Å². The van der Waals surface area contributed by atoms with Gasteiger partial charge in [0, 0.05) is 61.8 Å². The van der Waals surface area contributed by atoms with Crippen molar-refractivity contribution in [2.75, 3.05) is 4.90 Å². The number of anilines is 3. The molecular weight excluding hydrogens is 1050 g/mol. The van der Waals surface area contributed by atoms with Crippen molar-refractivity contribution in [1.29, 1.82) is 0 Å². The zero-order valence-corrected chi connectivity index (χ0v) is 46.4. The largest absolute Gasteiger partial charge is 0.458 e. The van der Waals surface area contributed by atoms with Gasteiger partial charge in [-0.15, -0.1) is 0 Å². The summed E-state index contributed by atoms with van der Waals surface area (Å²) in [5.41, 5.74) is 23.0. The Hall–Kier alpha value is -11.2. The molecule has 8 heteroatoms. The lowest BCUT2D eigenvalue weighted by Gasteiger charge is -2.42. The van der Waals surface area contributed by atoms with E-state index in [1.807, 2.05) is 0 Å². The number of nitrogens with zero attached hydrogens (tertiary/aromatic N) is 3. The van der Waals surface area contributed by atoms with Crippen molar-refractivity contribution in [3.05, 3.63) is 285 Å². The van der Waals surface area contributed by atoms with Crippen LogP contribution in [-0.2, 0) is 0 Å². The first-order valence-electron chi connectivity index (χ1n) is 29.5. The first-order valence-corrected chi connectivity index (χ1v) is 29.5. The molecule has 0 aliphatic carbocycles. The Bertz CT molecular complexity index is 5310. The highest BCUT2D eigenvalue weighted by molar-refractivity contribution is 7.01. The van der Waals surface area contributed by atoms with E-state index in [-0.39, 0.29) is 13.4 Å². The molecule has 0 atom stereocenters. The van der Waals surface area contributed by atoms with E-state index in [2.05, 4.69) is 299 Å². The molecule has 0 radical (unpaired) electrons. The third-order valence-electron chi connectivity index (χ3n) is 18.5. The molecule has 4 aliphatic rings. The minimum absolute atomic E-state index is 0.161. The van der Waals surface area contributed by atoms with Gasteiger partial charge >= 0.3 is 0 Å². The SMILES string of the molecule is c1ccc(-c2cc3c4c(c2)Oc2cc5c(cc2B4c2ccccc2O3)B2c3ccccc3Oc3cc(-n4c6ccccc6c6cc(-n7c8ccccc8c8ccccc87)ccc64)cc(c32)N5c2ccc(-c3ccccc3)cc2-c2ccccc2)cc1. The highest BCUT2D eigenvalue weighted by atomic mass is 16.5. The van der Waals surface area contributed by atoms with Crippen LogP contribution in [0.4, 0.5) is 17.1 Å². The third-order valence-corrected chi connectivity index (χ3v) is 18.5. The van der Waals surface area contributed by atoms with Gasteiger partial charge in [0.2, 0.25) is 0 Å². The van der Waals surface area contributed by atoms with Crippen molar-refractivity contribution in [1.82, 2.24) is 9.13 Å². The molecule has 0 saturated heterocycles. The molecule has 2 aromatic heterocycles. The maximum absolute atomic E-state index is 7.43. The van der Waals surface area contributed by atoms with Gasteiger partial charge in [-0.25, -0.2) is 0 Å². The molecule has 0 N–H and O–H groups in total. The number of fused-ring (bicyclic) bond motifs is 14. The number of benzene rings is 13. The van der Waals surface area contributed by atoms with E-state index >= 15 is 0 Å². The van der Waals surface area contributed by atoms with E-state index in [9.17, 15) is 0 Å². The molecule has 6 heterocycles. The fraction of sp³-hybridized carbons (Fsp3) is 0. The molecule has 4 aliphatic heterocycles. The van der Waals surface area contributed by atoms with E-state index in [1.165, 1.54) is 32.7 Å². The van der Waals surface area contributed by atoms with Crippen LogP contribution < -0.4 is 51.9 Å². The second-order valence-electron chi connectivity index (χ2n) is 23.0. The Morgan fingerprint density at radius 3 is 1.38 bits per heavy atom. The molecule has 0 spiro atoms. The second kappa shape index (κ2) is 18.1. The minimum Gasteiger partial charge on any atom is -0.458 e. The van der Waals surface area contributed by atoms with E-state index in [4.69, 9.17) is 14.2 Å². The number of hydrogen-bond donors (Lipinski definition) is 0. The topological polar surface area (TPSA) is 40.8 Å². The maximum atomic E-state index is 7.43. The summed E-state index contributed by atoms with van der Waals surface area (Å²) >= 11 is 0. The number of hydrogen-bond acceptors (Lipinski definition) is 4. The van der Waals surface area contributed by atoms with Crippen molar-refractivity contribution in [2.24, 2.45) is 0 Å². The molecule has 0 amide bonds. The molecule has 0 unspecified atom stereocenters. The highest BCUT2D eigenvalue weighted by Crippen LogP contribution is 2.49. The number of aromatic nitrogens is 2. The van der Waals surface area contributed by atoms with Crippen molar-refractivity contribution in [3.8, 4) is 79.3 Å². The van der Waals surface area contributed by atoms with E-state index in [1.54, 1.807) is 0 Å². The molecule has 398 valence electrons. The first-order chi connectivity index (χ1) is 42.6. The highest BCUT2D eigenvalue weighted by Gasteiger charge is 2.47. The van der Waals surface area contributed by atoms with Gasteiger partial charge in [0.25, 0.3) is 13.4 Å². The number of para-hydroxylation sites is 5. The van der Waals surface area contributed by atoms with Crippen LogP contribution in [0.3, 0.4) is 0 Å². The zero-order valence-electron chi connectivity index (χ0n) is 46.4. The Kier molecular flexibility index (Phi) is 9.98. The van der Waals surface area contributed by atoms with E-state index in [0.29, 0.717) is 0 Å². The van der Waals surface area contributed by atoms with Crippen LogP contribution in [0.15, 0.2) is 285 Å². The predicted octanol–water partition coefficient (Wildman–Crippen LogP) is 16.0. The summed E-state index contributed by atoms with van der Waals surface area (Å²) in [5, 5.41) is 4.81. The summed E-state index contributed by atoms with van der Waals surface area (Å²) in [6.07, 6.45) is 0. The molecular formula is C78H47B2N3O3. The molecule has 0 bridgehead atoms. The lowest BCUT2D eigenvalue weighted by atomic mass is 9.31. The molecule has 0 fully saturated rings. The lowest BCUT2D eigenvalue weighted by molar-refractivity contribution is 0.465. The van der Waals surface area contributed by atoms with Crippen LogP contribution in [0.5, 0.6) is 34.5 Å². The van der Waals surface area contributed by atoms with Gasteiger partial charge in [0.15, 0.2) is 0 Å². The minimum atomic E-state index is -0.206. The fourth-order valence-corrected chi connectivity index (χ4v) is 14.8.